The zero-order valence-corrected chi connectivity index (χ0v) is 22.2. The number of fused-ring (bicyclic) bond motifs is 1. The molecule has 2 fully saturated rings. The summed E-state index contributed by atoms with van der Waals surface area (Å²) in [5, 5.41) is 2.60. The van der Waals surface area contributed by atoms with Crippen LogP contribution in [0.1, 0.15) is 30.4 Å². The van der Waals surface area contributed by atoms with Gasteiger partial charge in [-0.05, 0) is 78.5 Å². The number of aryl methyl sites for hydroxylation is 1. The van der Waals surface area contributed by atoms with Crippen LogP contribution in [0.25, 0.3) is 15.6 Å². The zero-order chi connectivity index (χ0) is 27.1. The summed E-state index contributed by atoms with van der Waals surface area (Å²) >= 11 is 5.78. The Morgan fingerprint density at radius 3 is 2.62 bits per heavy atom. The predicted molar refractivity (Wildman–Crippen MR) is 154 cm³/mol. The summed E-state index contributed by atoms with van der Waals surface area (Å²) in [6.45, 7) is 9.35. The molecular weight excluding hydrogens is 511 g/mol. The van der Waals surface area contributed by atoms with Crippen LogP contribution in [0.5, 0.6) is 5.75 Å². The van der Waals surface area contributed by atoms with E-state index in [9.17, 15) is 4.79 Å². The monoisotopic (exact) mass is 536 g/mol. The van der Waals surface area contributed by atoms with Crippen molar-refractivity contribution in [3.8, 4) is 5.75 Å². The molecule has 0 radical (unpaired) electrons. The molecule has 0 bridgehead atoms. The lowest BCUT2D eigenvalue weighted by Gasteiger charge is -2.43. The van der Waals surface area contributed by atoms with E-state index in [1.54, 1.807) is 30.0 Å². The average Bonchev–Trinajstić information content (AvgIpc) is 3.16. The lowest BCUT2D eigenvalue weighted by Crippen LogP contribution is -2.55. The second-order valence-electron chi connectivity index (χ2n) is 9.94. The van der Waals surface area contributed by atoms with Gasteiger partial charge in [-0.1, -0.05) is 49.0 Å². The number of pyridine rings is 1. The number of hydrogen-bond donors (Lipinski definition) is 0. The Morgan fingerprint density at radius 1 is 1.10 bits per heavy atom. The Hall–Kier alpha value is -4.35. The highest BCUT2D eigenvalue weighted by Gasteiger charge is 2.59. The van der Waals surface area contributed by atoms with E-state index in [1.807, 2.05) is 18.2 Å². The van der Waals surface area contributed by atoms with Gasteiger partial charge in [-0.15, -0.1) is 4.98 Å². The number of nitrogens with zero attached hydrogens (tertiary/aromatic N) is 4. The van der Waals surface area contributed by atoms with Gasteiger partial charge in [-0.3, -0.25) is 9.69 Å². The molecule has 194 valence electrons. The third-order valence-electron chi connectivity index (χ3n) is 7.68. The van der Waals surface area contributed by atoms with E-state index in [-0.39, 0.29) is 22.6 Å². The Kier molecular flexibility index (Phi) is 6.24. The molecule has 1 saturated heterocycles. The molecule has 6 rings (SSSR count). The van der Waals surface area contributed by atoms with Gasteiger partial charge in [-0.2, -0.15) is 0 Å². The normalized spacial score (nSPS) is 16.0. The Labute approximate surface area is 231 Å². The van der Waals surface area contributed by atoms with Crippen LogP contribution in [0.4, 0.5) is 21.6 Å². The molecular formula is C31H25FN4O2S. The van der Waals surface area contributed by atoms with Crippen LogP contribution in [0.2, 0.25) is 0 Å². The fraction of sp³-hybridized carbons (Fsp3) is 0.226. The minimum atomic E-state index is -0.841. The molecule has 39 heavy (non-hydrogen) atoms. The minimum absolute atomic E-state index is 0.147. The third-order valence-corrected chi connectivity index (χ3v) is 8.04. The second-order valence-corrected chi connectivity index (χ2v) is 10.3. The molecule has 1 saturated carbocycles. The first kappa shape index (κ1) is 25.0. The number of anilines is 2. The molecule has 3 aromatic carbocycles. The van der Waals surface area contributed by atoms with Gasteiger partial charge in [0, 0.05) is 18.2 Å². The maximum Gasteiger partial charge on any atom is 0.272 e. The lowest BCUT2D eigenvalue weighted by molar-refractivity contribution is -0.123. The van der Waals surface area contributed by atoms with E-state index in [1.165, 1.54) is 17.2 Å². The number of halogens is 1. The molecule has 1 aliphatic carbocycles. The highest BCUT2D eigenvalue weighted by atomic mass is 32.1. The largest absolute Gasteiger partial charge is 0.490 e. The number of amides is 1. The Morgan fingerprint density at radius 2 is 1.90 bits per heavy atom. The summed E-state index contributed by atoms with van der Waals surface area (Å²) in [5.74, 6) is -0.215. The Balaban J connectivity index is 1.23. The summed E-state index contributed by atoms with van der Waals surface area (Å²) < 4.78 is 21.1. The van der Waals surface area contributed by atoms with Crippen molar-refractivity contribution in [1.29, 1.82) is 0 Å². The maximum atomic E-state index is 15.3. The van der Waals surface area contributed by atoms with E-state index >= 15 is 4.39 Å². The molecule has 1 aliphatic heterocycles. The van der Waals surface area contributed by atoms with Crippen molar-refractivity contribution in [2.24, 2.45) is 0 Å². The standard InChI is InChI=1S/C31H25FN4O2S/c1-20-17-24(19-34-28(20)33-2)35-29(37)31(14-6-15-31)36(30(35)39)23-11-12-27(26(32)18-23)38-16-13-22-9-5-8-21-7-3-4-10-25(21)22/h3-5,7-12,17-19H,6,13-16H2,1H3. The van der Waals surface area contributed by atoms with Crippen LogP contribution in [-0.4, -0.2) is 28.1 Å². The molecule has 0 atom stereocenters. The molecule has 2 aliphatic rings. The number of hydrogen-bond acceptors (Lipinski definition) is 4. The SMILES string of the molecule is [C-]#[N+]c1ncc(N2C(=O)C3(CCC3)N(c3ccc(OCCc4cccc5ccccc45)c(F)c3)C2=S)cc1C. The summed E-state index contributed by atoms with van der Waals surface area (Å²) in [7, 11) is 0. The van der Waals surface area contributed by atoms with Gasteiger partial charge in [0.15, 0.2) is 16.7 Å². The Bertz CT molecular complexity index is 1670. The van der Waals surface area contributed by atoms with Gasteiger partial charge >= 0.3 is 0 Å². The van der Waals surface area contributed by atoms with Crippen LogP contribution < -0.4 is 14.5 Å². The second kappa shape index (κ2) is 9.75. The number of carbonyl (C=O) groups excluding carboxylic acids is 1. The van der Waals surface area contributed by atoms with Crippen LogP contribution >= 0.6 is 12.2 Å². The molecule has 1 amide bonds. The van der Waals surface area contributed by atoms with E-state index in [4.69, 9.17) is 23.5 Å². The first-order chi connectivity index (χ1) is 18.9. The van der Waals surface area contributed by atoms with E-state index in [2.05, 4.69) is 34.1 Å². The van der Waals surface area contributed by atoms with Crippen molar-refractivity contribution in [3.05, 3.63) is 101 Å². The van der Waals surface area contributed by atoms with Crippen LogP contribution in [0, 0.1) is 19.3 Å². The number of rotatable bonds is 6. The van der Waals surface area contributed by atoms with Gasteiger partial charge < -0.3 is 14.5 Å². The number of aromatic nitrogens is 1. The molecule has 1 spiro atoms. The van der Waals surface area contributed by atoms with Crippen LogP contribution in [-0.2, 0) is 11.2 Å². The maximum absolute atomic E-state index is 15.3. The van der Waals surface area contributed by atoms with Crippen molar-refractivity contribution in [1.82, 2.24) is 4.98 Å². The highest BCUT2D eigenvalue weighted by molar-refractivity contribution is 7.81. The van der Waals surface area contributed by atoms with E-state index < -0.39 is 11.4 Å². The molecule has 4 aromatic rings. The topological polar surface area (TPSA) is 50.0 Å². The first-order valence-electron chi connectivity index (χ1n) is 12.8. The quantitative estimate of drug-likeness (QED) is 0.198. The van der Waals surface area contributed by atoms with Crippen molar-refractivity contribution in [2.45, 2.75) is 38.1 Å². The van der Waals surface area contributed by atoms with Crippen molar-refractivity contribution in [2.75, 3.05) is 16.4 Å². The van der Waals surface area contributed by atoms with Crippen molar-refractivity contribution < 1.29 is 13.9 Å². The van der Waals surface area contributed by atoms with Crippen LogP contribution in [0.15, 0.2) is 72.9 Å². The lowest BCUT2D eigenvalue weighted by atomic mass is 9.75. The van der Waals surface area contributed by atoms with Crippen LogP contribution in [0.3, 0.4) is 0 Å². The number of thiocarbonyl (C=S) groups is 1. The highest BCUT2D eigenvalue weighted by Crippen LogP contribution is 2.48. The van der Waals surface area contributed by atoms with E-state index in [0.717, 1.165) is 22.8 Å². The average molecular weight is 537 g/mol. The van der Waals surface area contributed by atoms with Gasteiger partial charge in [0.25, 0.3) is 11.7 Å². The molecule has 2 heterocycles. The molecule has 8 heteroatoms. The minimum Gasteiger partial charge on any atom is -0.490 e. The van der Waals surface area contributed by atoms with Crippen molar-refractivity contribution in [3.63, 3.8) is 0 Å². The summed E-state index contributed by atoms with van der Waals surface area (Å²) in [4.78, 5) is 24.5. The summed E-state index contributed by atoms with van der Waals surface area (Å²) in [6, 6.07) is 20.8. The molecule has 0 N–H and O–H groups in total. The fourth-order valence-corrected chi connectivity index (χ4v) is 6.00. The van der Waals surface area contributed by atoms with Crippen molar-refractivity contribution >= 4 is 51.2 Å². The molecule has 1 aromatic heterocycles. The number of carbonyl (C=O) groups is 1. The number of benzene rings is 3. The van der Waals surface area contributed by atoms with Gasteiger partial charge in [0.1, 0.15) is 11.7 Å². The predicted octanol–water partition coefficient (Wildman–Crippen LogP) is 6.92. The first-order valence-corrected chi connectivity index (χ1v) is 13.3. The van der Waals surface area contributed by atoms with E-state index in [0.29, 0.717) is 42.8 Å². The molecule has 0 unspecified atom stereocenters. The summed E-state index contributed by atoms with van der Waals surface area (Å²) in [6.07, 6.45) is 4.27. The number of ether oxygens (including phenoxy) is 1. The third kappa shape index (κ3) is 4.10. The van der Waals surface area contributed by atoms with Gasteiger partial charge in [0.05, 0.1) is 12.3 Å². The molecule has 6 nitrogen and oxygen atoms in total. The smallest absolute Gasteiger partial charge is 0.272 e. The zero-order valence-electron chi connectivity index (χ0n) is 21.4. The summed E-state index contributed by atoms with van der Waals surface area (Å²) in [5.41, 5.74) is 1.99. The fourth-order valence-electron chi connectivity index (χ4n) is 5.53. The van der Waals surface area contributed by atoms with Gasteiger partial charge in [-0.25, -0.2) is 4.39 Å². The van der Waals surface area contributed by atoms with Gasteiger partial charge in [0.2, 0.25) is 0 Å².